The van der Waals surface area contributed by atoms with E-state index in [0.29, 0.717) is 6.42 Å². The summed E-state index contributed by atoms with van der Waals surface area (Å²) in [6.45, 7) is 4.34. The quantitative estimate of drug-likeness (QED) is 0.823. The molecule has 0 radical (unpaired) electrons. The topological polar surface area (TPSA) is 58.6 Å². The lowest BCUT2D eigenvalue weighted by Crippen LogP contribution is -2.43. The molecule has 1 aliphatic rings. The summed E-state index contributed by atoms with van der Waals surface area (Å²) in [6, 6.07) is 16.7. The van der Waals surface area contributed by atoms with Crippen molar-refractivity contribution in [1.82, 2.24) is 10.2 Å². The Morgan fingerprint density at radius 1 is 1.04 bits per heavy atom. The zero-order chi connectivity index (χ0) is 17.9. The number of nitrogens with zero attached hydrogens (tertiary/aromatic N) is 1. The molecule has 0 bridgehead atoms. The number of aryl methyl sites for hydroxylation is 1. The molecule has 3 amide bonds. The van der Waals surface area contributed by atoms with Crippen molar-refractivity contribution in [2.75, 3.05) is 13.2 Å². The number of imide groups is 1. The Labute approximate surface area is 147 Å². The molecule has 1 saturated heterocycles. The molecule has 2 aromatic rings. The molecular weight excluding hydrogens is 316 g/mol. The number of hydrogen-bond acceptors (Lipinski definition) is 3. The van der Waals surface area contributed by atoms with E-state index in [-0.39, 0.29) is 25.1 Å². The van der Waals surface area contributed by atoms with Crippen molar-refractivity contribution in [1.29, 1.82) is 0 Å². The van der Waals surface area contributed by atoms with Gasteiger partial charge in [-0.2, -0.15) is 0 Å². The van der Waals surface area contributed by atoms with Crippen LogP contribution in [0.2, 0.25) is 0 Å². The number of carbonyl (C=O) groups excluding carboxylic acids is 2. The average molecular weight is 338 g/mol. The van der Waals surface area contributed by atoms with Gasteiger partial charge in [-0.3, -0.25) is 9.69 Å². The van der Waals surface area contributed by atoms with E-state index in [2.05, 4.69) is 5.32 Å². The Morgan fingerprint density at radius 2 is 1.72 bits per heavy atom. The smallest absolute Gasteiger partial charge is 0.325 e. The molecule has 0 saturated carbocycles. The molecule has 1 heterocycles. The highest BCUT2D eigenvalue weighted by molar-refractivity contribution is 6.07. The van der Waals surface area contributed by atoms with Crippen molar-refractivity contribution in [2.45, 2.75) is 25.8 Å². The standard InChI is InChI=1S/C20H22N2O3/c1-3-20(16-10-5-4-6-11-16)18(23)22(19(24)21-20)13-14-25-17-12-8-7-9-15(17)2/h4-12H,3,13-14H2,1-2H3,(H,21,24). The normalized spacial score (nSPS) is 19.8. The van der Waals surface area contributed by atoms with Gasteiger partial charge < -0.3 is 10.1 Å². The highest BCUT2D eigenvalue weighted by atomic mass is 16.5. The highest BCUT2D eigenvalue weighted by Gasteiger charge is 2.50. The van der Waals surface area contributed by atoms with Gasteiger partial charge in [0.25, 0.3) is 5.91 Å². The van der Waals surface area contributed by atoms with Crippen LogP contribution in [-0.4, -0.2) is 30.0 Å². The number of benzene rings is 2. The zero-order valence-corrected chi connectivity index (χ0v) is 14.5. The first-order chi connectivity index (χ1) is 12.1. The Bertz CT molecular complexity index is 776. The van der Waals surface area contributed by atoms with Crippen LogP contribution in [0.4, 0.5) is 4.79 Å². The second-order valence-corrected chi connectivity index (χ2v) is 6.13. The van der Waals surface area contributed by atoms with Crippen LogP contribution < -0.4 is 10.1 Å². The number of ether oxygens (including phenoxy) is 1. The van der Waals surface area contributed by atoms with Crippen molar-refractivity contribution in [3.05, 3.63) is 65.7 Å². The predicted octanol–water partition coefficient (Wildman–Crippen LogP) is 3.23. The summed E-state index contributed by atoms with van der Waals surface area (Å²) in [4.78, 5) is 26.6. The second kappa shape index (κ2) is 6.97. The summed E-state index contributed by atoms with van der Waals surface area (Å²) in [7, 11) is 0. The number of hydrogen-bond donors (Lipinski definition) is 1. The fraction of sp³-hybridized carbons (Fsp3) is 0.300. The van der Waals surface area contributed by atoms with Gasteiger partial charge in [0.1, 0.15) is 17.9 Å². The number of para-hydroxylation sites is 1. The lowest BCUT2D eigenvalue weighted by molar-refractivity contribution is -0.132. The molecule has 0 aliphatic carbocycles. The van der Waals surface area contributed by atoms with E-state index in [1.165, 1.54) is 4.90 Å². The molecule has 0 aromatic heterocycles. The van der Waals surface area contributed by atoms with Gasteiger partial charge in [-0.15, -0.1) is 0 Å². The summed E-state index contributed by atoms with van der Waals surface area (Å²) in [6.07, 6.45) is 0.497. The third kappa shape index (κ3) is 3.09. The molecule has 1 fully saturated rings. The van der Waals surface area contributed by atoms with E-state index in [0.717, 1.165) is 16.9 Å². The Balaban J connectivity index is 1.72. The van der Waals surface area contributed by atoms with Gasteiger partial charge in [-0.25, -0.2) is 4.79 Å². The molecule has 1 atom stereocenters. The van der Waals surface area contributed by atoms with Gasteiger partial charge in [0.15, 0.2) is 0 Å². The fourth-order valence-electron chi connectivity index (χ4n) is 3.16. The van der Waals surface area contributed by atoms with Crippen LogP contribution >= 0.6 is 0 Å². The van der Waals surface area contributed by atoms with Crippen LogP contribution in [-0.2, 0) is 10.3 Å². The lowest BCUT2D eigenvalue weighted by atomic mass is 9.87. The van der Waals surface area contributed by atoms with Crippen LogP contribution in [0.25, 0.3) is 0 Å². The van der Waals surface area contributed by atoms with Crippen molar-refractivity contribution < 1.29 is 14.3 Å². The number of rotatable bonds is 6. The minimum absolute atomic E-state index is 0.216. The highest BCUT2D eigenvalue weighted by Crippen LogP contribution is 2.32. The van der Waals surface area contributed by atoms with E-state index in [1.54, 1.807) is 0 Å². The van der Waals surface area contributed by atoms with Crippen LogP contribution in [0.1, 0.15) is 24.5 Å². The molecule has 3 rings (SSSR count). The Kier molecular flexibility index (Phi) is 4.74. The molecule has 2 aromatic carbocycles. The fourth-order valence-corrected chi connectivity index (χ4v) is 3.16. The van der Waals surface area contributed by atoms with E-state index in [4.69, 9.17) is 4.74 Å². The Hall–Kier alpha value is -2.82. The van der Waals surface area contributed by atoms with Crippen LogP contribution in [0.3, 0.4) is 0 Å². The van der Waals surface area contributed by atoms with E-state index >= 15 is 0 Å². The Morgan fingerprint density at radius 3 is 2.40 bits per heavy atom. The largest absolute Gasteiger partial charge is 0.491 e. The summed E-state index contributed by atoms with van der Waals surface area (Å²) in [5, 5.41) is 2.88. The molecular formula is C20H22N2O3. The monoisotopic (exact) mass is 338 g/mol. The minimum Gasteiger partial charge on any atom is -0.491 e. The molecule has 1 aliphatic heterocycles. The third-order valence-corrected chi connectivity index (χ3v) is 4.64. The first-order valence-electron chi connectivity index (χ1n) is 8.46. The number of nitrogens with one attached hydrogen (secondary N) is 1. The minimum atomic E-state index is -0.985. The number of amides is 3. The third-order valence-electron chi connectivity index (χ3n) is 4.64. The van der Waals surface area contributed by atoms with Gasteiger partial charge in [0, 0.05) is 0 Å². The van der Waals surface area contributed by atoms with Crippen molar-refractivity contribution >= 4 is 11.9 Å². The van der Waals surface area contributed by atoms with Gasteiger partial charge in [0.2, 0.25) is 0 Å². The SMILES string of the molecule is CCC1(c2ccccc2)NC(=O)N(CCOc2ccccc2C)C1=O. The summed E-state index contributed by atoms with van der Waals surface area (Å²) in [5.74, 6) is 0.541. The molecule has 1 N–H and O–H groups in total. The molecule has 1 unspecified atom stereocenters. The zero-order valence-electron chi connectivity index (χ0n) is 14.5. The molecule has 5 heteroatoms. The van der Waals surface area contributed by atoms with Crippen molar-refractivity contribution in [2.24, 2.45) is 0 Å². The summed E-state index contributed by atoms with van der Waals surface area (Å²) >= 11 is 0. The van der Waals surface area contributed by atoms with Gasteiger partial charge in [-0.1, -0.05) is 55.5 Å². The van der Waals surface area contributed by atoms with Crippen LogP contribution in [0.15, 0.2) is 54.6 Å². The lowest BCUT2D eigenvalue weighted by Gasteiger charge is -2.25. The van der Waals surface area contributed by atoms with Crippen LogP contribution in [0.5, 0.6) is 5.75 Å². The van der Waals surface area contributed by atoms with Crippen molar-refractivity contribution in [3.63, 3.8) is 0 Å². The van der Waals surface area contributed by atoms with Crippen molar-refractivity contribution in [3.8, 4) is 5.75 Å². The number of carbonyl (C=O) groups is 2. The van der Waals surface area contributed by atoms with E-state index < -0.39 is 5.54 Å². The summed E-state index contributed by atoms with van der Waals surface area (Å²) in [5.41, 5.74) is 0.839. The predicted molar refractivity (Wildman–Crippen MR) is 95.3 cm³/mol. The molecule has 25 heavy (non-hydrogen) atoms. The second-order valence-electron chi connectivity index (χ2n) is 6.13. The van der Waals surface area contributed by atoms with E-state index in [9.17, 15) is 9.59 Å². The maximum atomic E-state index is 13.0. The molecule has 0 spiro atoms. The maximum Gasteiger partial charge on any atom is 0.325 e. The van der Waals surface area contributed by atoms with Gasteiger partial charge in [0.05, 0.1) is 6.54 Å². The first kappa shape index (κ1) is 17.0. The van der Waals surface area contributed by atoms with Crippen LogP contribution in [0, 0.1) is 6.92 Å². The van der Waals surface area contributed by atoms with Gasteiger partial charge in [-0.05, 0) is 30.5 Å². The summed E-state index contributed by atoms with van der Waals surface area (Å²) < 4.78 is 5.73. The first-order valence-corrected chi connectivity index (χ1v) is 8.46. The molecule has 130 valence electrons. The van der Waals surface area contributed by atoms with Gasteiger partial charge >= 0.3 is 6.03 Å². The number of urea groups is 1. The average Bonchev–Trinajstić information content (AvgIpc) is 2.89. The van der Waals surface area contributed by atoms with E-state index in [1.807, 2.05) is 68.4 Å². The maximum absolute atomic E-state index is 13.0. The molecule has 5 nitrogen and oxygen atoms in total.